The van der Waals surface area contributed by atoms with Gasteiger partial charge in [0.2, 0.25) is 5.60 Å². The molecule has 2 atom stereocenters. The fourth-order valence-corrected chi connectivity index (χ4v) is 4.77. The van der Waals surface area contributed by atoms with Crippen LogP contribution < -0.4 is 0 Å². The van der Waals surface area contributed by atoms with Gasteiger partial charge in [0.15, 0.2) is 34.5 Å². The highest BCUT2D eigenvalue weighted by Gasteiger charge is 2.55. The zero-order valence-electron chi connectivity index (χ0n) is 25.2. The molecule has 1 fully saturated rings. The van der Waals surface area contributed by atoms with Crippen LogP contribution >= 0.6 is 0 Å². The third kappa shape index (κ3) is 9.08. The quantitative estimate of drug-likeness (QED) is 0.0664. The van der Waals surface area contributed by atoms with Crippen molar-refractivity contribution in [3.05, 3.63) is 89.5 Å². The molecule has 1 aliphatic rings. The lowest BCUT2D eigenvalue weighted by atomic mass is 9.79. The molecule has 15 heteroatoms. The van der Waals surface area contributed by atoms with Gasteiger partial charge in [0, 0.05) is 31.1 Å². The molecule has 15 nitrogen and oxygen atoms in total. The molecule has 256 valence electrons. The van der Waals surface area contributed by atoms with Gasteiger partial charge in [-0.3, -0.25) is 0 Å². The Morgan fingerprint density at radius 2 is 0.918 bits per heavy atom. The van der Waals surface area contributed by atoms with Crippen molar-refractivity contribution in [2.45, 2.75) is 36.8 Å². The number of esters is 3. The third-order valence-corrected chi connectivity index (χ3v) is 7.28. The van der Waals surface area contributed by atoms with Crippen LogP contribution in [0, 0.1) is 0 Å². The summed E-state index contributed by atoms with van der Waals surface area (Å²) in [6.07, 6.45) is -0.661. The minimum Gasteiger partial charge on any atom is -0.504 e. The summed E-state index contributed by atoms with van der Waals surface area (Å²) in [5.41, 5.74) is -1.75. The van der Waals surface area contributed by atoms with E-state index >= 15 is 0 Å². The molecule has 0 unspecified atom stereocenters. The maximum Gasteiger partial charge on any atom is 0.348 e. The molecular formula is C34H30O15. The topological polar surface area (TPSA) is 258 Å². The molecule has 0 amide bonds. The molecule has 0 saturated heterocycles. The molecule has 3 aromatic rings. The van der Waals surface area contributed by atoms with Gasteiger partial charge >= 0.3 is 23.9 Å². The highest BCUT2D eigenvalue weighted by molar-refractivity contribution is 5.91. The van der Waals surface area contributed by atoms with Crippen molar-refractivity contribution in [3.8, 4) is 34.5 Å². The van der Waals surface area contributed by atoms with Crippen LogP contribution in [0.25, 0.3) is 18.2 Å². The van der Waals surface area contributed by atoms with Gasteiger partial charge in [0.05, 0.1) is 0 Å². The molecule has 49 heavy (non-hydrogen) atoms. The molecule has 0 aliphatic heterocycles. The summed E-state index contributed by atoms with van der Waals surface area (Å²) in [6, 6.07) is 10.9. The Labute approximate surface area is 277 Å². The van der Waals surface area contributed by atoms with Crippen LogP contribution in [0.15, 0.2) is 72.8 Å². The molecule has 0 heterocycles. The zero-order valence-corrected chi connectivity index (χ0v) is 25.2. The number of aliphatic carboxylic acids is 1. The maximum atomic E-state index is 12.8. The number of benzene rings is 3. The molecule has 0 bridgehead atoms. The minimum absolute atomic E-state index is 0.233. The number of aliphatic hydroxyl groups is 1. The maximum absolute atomic E-state index is 12.8. The van der Waals surface area contributed by atoms with Crippen molar-refractivity contribution in [1.82, 2.24) is 0 Å². The van der Waals surface area contributed by atoms with Gasteiger partial charge in [-0.25, -0.2) is 19.2 Å². The molecule has 1 saturated carbocycles. The predicted molar refractivity (Wildman–Crippen MR) is 168 cm³/mol. The molecule has 0 spiro atoms. The van der Waals surface area contributed by atoms with E-state index in [2.05, 4.69) is 0 Å². The number of ether oxygens (including phenoxy) is 3. The average molecular weight is 679 g/mol. The second kappa shape index (κ2) is 15.0. The molecule has 1 aliphatic carbocycles. The first kappa shape index (κ1) is 35.4. The molecule has 0 aromatic heterocycles. The number of aliphatic hydroxyl groups excluding tert-OH is 1. The first-order valence-electron chi connectivity index (χ1n) is 14.3. The fraction of sp³-hybridized carbons (Fsp3) is 0.176. The van der Waals surface area contributed by atoms with Gasteiger partial charge in [0.25, 0.3) is 0 Å². The Hall–Kier alpha value is -6.48. The normalized spacial score (nSPS) is 20.7. The number of phenols is 6. The van der Waals surface area contributed by atoms with Crippen molar-refractivity contribution in [3.63, 3.8) is 0 Å². The van der Waals surface area contributed by atoms with E-state index in [0.29, 0.717) is 0 Å². The first-order chi connectivity index (χ1) is 23.2. The van der Waals surface area contributed by atoms with Crippen LogP contribution in [0.4, 0.5) is 0 Å². The number of carboxylic acids is 1. The van der Waals surface area contributed by atoms with Gasteiger partial charge in [0.1, 0.15) is 18.3 Å². The highest BCUT2D eigenvalue weighted by atomic mass is 16.6. The van der Waals surface area contributed by atoms with Crippen LogP contribution in [-0.4, -0.2) is 88.6 Å². The van der Waals surface area contributed by atoms with Crippen molar-refractivity contribution in [2.24, 2.45) is 0 Å². The van der Waals surface area contributed by atoms with E-state index in [0.717, 1.165) is 60.7 Å². The Morgan fingerprint density at radius 1 is 0.571 bits per heavy atom. The van der Waals surface area contributed by atoms with Crippen molar-refractivity contribution >= 4 is 42.1 Å². The monoisotopic (exact) mass is 678 g/mol. The molecule has 0 radical (unpaired) electrons. The van der Waals surface area contributed by atoms with Gasteiger partial charge < -0.3 is 55.1 Å². The molecule has 3 aromatic carbocycles. The number of carbonyl (C=O) groups excluding carboxylic acids is 3. The van der Waals surface area contributed by atoms with Crippen molar-refractivity contribution in [2.75, 3.05) is 0 Å². The summed E-state index contributed by atoms with van der Waals surface area (Å²) in [5, 5.41) is 78.8. The molecule has 4 rings (SSSR count). The zero-order chi connectivity index (χ0) is 35.9. The summed E-state index contributed by atoms with van der Waals surface area (Å²) in [6.45, 7) is 0. The predicted octanol–water partition coefficient (Wildman–Crippen LogP) is 2.71. The molecule has 8 N–H and O–H groups in total. The highest BCUT2D eigenvalue weighted by Crippen LogP contribution is 2.37. The Kier molecular flexibility index (Phi) is 10.8. The number of carbonyl (C=O) groups is 4. The lowest BCUT2D eigenvalue weighted by Gasteiger charge is -2.42. The largest absolute Gasteiger partial charge is 0.504 e. The van der Waals surface area contributed by atoms with Crippen molar-refractivity contribution < 1.29 is 74.2 Å². The summed E-state index contributed by atoms with van der Waals surface area (Å²) in [5.74, 6) is -7.79. The number of hydrogen-bond donors (Lipinski definition) is 8. The lowest BCUT2D eigenvalue weighted by Crippen LogP contribution is -2.59. The Balaban J connectivity index is 1.58. The fourth-order valence-electron chi connectivity index (χ4n) is 4.77. The van der Waals surface area contributed by atoms with Crippen LogP contribution in [0.2, 0.25) is 0 Å². The average Bonchev–Trinajstić information content (AvgIpc) is 3.04. The third-order valence-electron chi connectivity index (χ3n) is 7.28. The van der Waals surface area contributed by atoms with E-state index < -0.39 is 95.1 Å². The number of hydrogen-bond acceptors (Lipinski definition) is 14. The minimum atomic E-state index is -2.51. The summed E-state index contributed by atoms with van der Waals surface area (Å²) in [4.78, 5) is 51.0. The van der Waals surface area contributed by atoms with E-state index in [4.69, 9.17) is 14.2 Å². The van der Waals surface area contributed by atoms with E-state index in [1.807, 2.05) is 0 Å². The Morgan fingerprint density at radius 3 is 1.24 bits per heavy atom. The second-order valence-electron chi connectivity index (χ2n) is 10.8. The van der Waals surface area contributed by atoms with E-state index in [-0.39, 0.29) is 16.7 Å². The van der Waals surface area contributed by atoms with Gasteiger partial charge in [-0.1, -0.05) is 18.2 Å². The van der Waals surface area contributed by atoms with E-state index in [9.17, 15) is 60.0 Å². The van der Waals surface area contributed by atoms with Crippen molar-refractivity contribution in [1.29, 1.82) is 0 Å². The van der Waals surface area contributed by atoms with Gasteiger partial charge in [-0.2, -0.15) is 0 Å². The van der Waals surface area contributed by atoms with Crippen LogP contribution in [0.5, 0.6) is 34.5 Å². The van der Waals surface area contributed by atoms with E-state index in [1.54, 1.807) is 0 Å². The lowest BCUT2D eigenvalue weighted by molar-refractivity contribution is -0.211. The van der Waals surface area contributed by atoms with Crippen LogP contribution in [0.3, 0.4) is 0 Å². The molecular weight excluding hydrogens is 648 g/mol. The Bertz CT molecular complexity index is 1760. The first-order valence-corrected chi connectivity index (χ1v) is 14.3. The summed E-state index contributed by atoms with van der Waals surface area (Å²) >= 11 is 0. The van der Waals surface area contributed by atoms with E-state index in [1.165, 1.54) is 30.4 Å². The SMILES string of the molecule is O=C(/C=C\c1ccc(O)c(O)c1)OC1(C(=O)O)C[C@@H](OC(=O)/C=C/c2ccc(O)c(O)c2)C(O)[C@H](OC(=O)/C=C/c2ccc(O)c(O)c2)C1. The number of rotatable bonds is 10. The van der Waals surface area contributed by atoms with Crippen LogP contribution in [0.1, 0.15) is 29.5 Å². The second-order valence-corrected chi connectivity index (χ2v) is 10.8. The van der Waals surface area contributed by atoms with Gasteiger partial charge in [-0.15, -0.1) is 0 Å². The van der Waals surface area contributed by atoms with Crippen LogP contribution in [-0.2, 0) is 33.4 Å². The standard InChI is InChI=1S/C34H30O15/c35-21-7-1-18(13-24(21)38)4-10-29(41)47-27-16-34(33(45)46,49-31(43)12-6-20-3-9-23(37)26(40)15-20)17-28(32(27)44)48-30(42)11-5-19-2-8-22(36)25(39)14-19/h1-15,27-28,32,35-40,44H,16-17H2,(H,45,46)/b10-4+,11-5+,12-6-/t27-,28-,32?,34?/m1/s1. The number of phenolic OH excluding ortho intramolecular Hbond substituents is 6. The summed E-state index contributed by atoms with van der Waals surface area (Å²) in [7, 11) is 0. The van der Waals surface area contributed by atoms with Gasteiger partial charge in [-0.05, 0) is 71.3 Å². The smallest absolute Gasteiger partial charge is 0.348 e. The summed E-state index contributed by atoms with van der Waals surface area (Å²) < 4.78 is 16.0. The number of carboxylic acid groups (broad SMARTS) is 1. The number of aromatic hydroxyl groups is 6.